The van der Waals surface area contributed by atoms with E-state index < -0.39 is 18.0 Å². The van der Waals surface area contributed by atoms with Crippen molar-refractivity contribution in [1.29, 1.82) is 0 Å². The Balaban J connectivity index is 1.61. The smallest absolute Gasteiger partial charge is 0.358 e. The van der Waals surface area contributed by atoms with Crippen molar-refractivity contribution in [2.24, 2.45) is 0 Å². The molecule has 6 nitrogen and oxygen atoms in total. The minimum atomic E-state index is -1.05. The summed E-state index contributed by atoms with van der Waals surface area (Å²) in [6.45, 7) is 1.44. The van der Waals surface area contributed by atoms with E-state index in [0.29, 0.717) is 21.4 Å². The van der Waals surface area contributed by atoms with Crippen LogP contribution in [0.2, 0.25) is 5.02 Å². The zero-order valence-electron chi connectivity index (χ0n) is 14.0. The fraction of sp³-hybridized carbons (Fsp3) is 0.111. The zero-order valence-corrected chi connectivity index (χ0v) is 15.6. The van der Waals surface area contributed by atoms with Gasteiger partial charge in [-0.25, -0.2) is 19.2 Å². The largest absolute Gasteiger partial charge is 0.448 e. The molecule has 0 saturated heterocycles. The van der Waals surface area contributed by atoms with Gasteiger partial charge in [-0.3, -0.25) is 4.79 Å². The highest BCUT2D eigenvalue weighted by atomic mass is 35.5. The van der Waals surface area contributed by atoms with Crippen LogP contribution in [0.25, 0.3) is 10.6 Å². The molecule has 0 unspecified atom stereocenters. The summed E-state index contributed by atoms with van der Waals surface area (Å²) in [4.78, 5) is 32.4. The van der Waals surface area contributed by atoms with Crippen molar-refractivity contribution in [1.82, 2.24) is 9.97 Å². The Labute approximate surface area is 163 Å². The molecule has 27 heavy (non-hydrogen) atoms. The summed E-state index contributed by atoms with van der Waals surface area (Å²) in [6, 6.07) is 8.87. The normalized spacial score (nSPS) is 11.7. The lowest BCUT2D eigenvalue weighted by Crippen LogP contribution is -2.30. The standard InChI is InChI=1S/C18H13ClFN3O3S/c1-10(16(24)23-15-7-4-12(19)8-21-15)26-18(25)14-9-27-17(22-14)11-2-5-13(20)6-3-11/h2-10H,1H3,(H,21,23,24)/t10-/m1/s1. The number of rotatable bonds is 5. The molecule has 3 aromatic rings. The predicted molar refractivity (Wildman–Crippen MR) is 100 cm³/mol. The second-order valence-corrected chi connectivity index (χ2v) is 6.74. The summed E-state index contributed by atoms with van der Waals surface area (Å²) in [5, 5.41) is 5.03. The van der Waals surface area contributed by atoms with E-state index in [1.807, 2.05) is 0 Å². The maximum atomic E-state index is 13.0. The van der Waals surface area contributed by atoms with E-state index in [1.165, 1.54) is 48.0 Å². The molecule has 2 aromatic heterocycles. The van der Waals surface area contributed by atoms with Crippen LogP contribution in [-0.2, 0) is 9.53 Å². The molecular weight excluding hydrogens is 393 g/mol. The number of halogens is 2. The second kappa shape index (κ2) is 8.24. The van der Waals surface area contributed by atoms with Crippen LogP contribution in [0.5, 0.6) is 0 Å². The Bertz CT molecular complexity index is 961. The van der Waals surface area contributed by atoms with Gasteiger partial charge in [-0.15, -0.1) is 11.3 Å². The van der Waals surface area contributed by atoms with Crippen LogP contribution in [0.4, 0.5) is 10.2 Å². The first-order valence-electron chi connectivity index (χ1n) is 7.77. The summed E-state index contributed by atoms with van der Waals surface area (Å²) in [7, 11) is 0. The molecule has 0 spiro atoms. The van der Waals surface area contributed by atoms with Gasteiger partial charge in [0.1, 0.15) is 16.6 Å². The SMILES string of the molecule is C[C@@H](OC(=O)c1csc(-c2ccc(F)cc2)n1)C(=O)Nc1ccc(Cl)cn1. The molecule has 0 fully saturated rings. The molecule has 2 heterocycles. The van der Waals surface area contributed by atoms with Crippen molar-refractivity contribution in [2.75, 3.05) is 5.32 Å². The van der Waals surface area contributed by atoms with Crippen molar-refractivity contribution in [3.05, 3.63) is 64.5 Å². The minimum absolute atomic E-state index is 0.0728. The highest BCUT2D eigenvalue weighted by Crippen LogP contribution is 2.24. The molecule has 1 N–H and O–H groups in total. The highest BCUT2D eigenvalue weighted by Gasteiger charge is 2.21. The molecule has 0 radical (unpaired) electrons. The van der Waals surface area contributed by atoms with Crippen LogP contribution in [0, 0.1) is 5.82 Å². The van der Waals surface area contributed by atoms with Gasteiger partial charge in [0.2, 0.25) is 0 Å². The van der Waals surface area contributed by atoms with Crippen LogP contribution in [0.15, 0.2) is 48.0 Å². The summed E-state index contributed by atoms with van der Waals surface area (Å²) in [5.74, 6) is -1.33. The first-order valence-corrected chi connectivity index (χ1v) is 9.03. The number of ether oxygens (including phenoxy) is 1. The second-order valence-electron chi connectivity index (χ2n) is 5.44. The van der Waals surface area contributed by atoms with Gasteiger partial charge in [-0.1, -0.05) is 11.6 Å². The third kappa shape index (κ3) is 4.87. The lowest BCUT2D eigenvalue weighted by molar-refractivity contribution is -0.123. The number of nitrogens with zero attached hydrogens (tertiary/aromatic N) is 2. The average molecular weight is 406 g/mol. The van der Waals surface area contributed by atoms with Gasteiger partial charge in [0.25, 0.3) is 5.91 Å². The Kier molecular flexibility index (Phi) is 5.78. The van der Waals surface area contributed by atoms with Crippen LogP contribution < -0.4 is 5.32 Å². The number of pyridine rings is 1. The van der Waals surface area contributed by atoms with Crippen LogP contribution in [0.3, 0.4) is 0 Å². The fourth-order valence-corrected chi connectivity index (χ4v) is 2.95. The predicted octanol–water partition coefficient (Wildman–Crippen LogP) is 4.18. The van der Waals surface area contributed by atoms with Crippen LogP contribution >= 0.6 is 22.9 Å². The summed E-state index contributed by atoms with van der Waals surface area (Å²) in [5.41, 5.74) is 0.753. The van der Waals surface area contributed by atoms with Crippen molar-refractivity contribution in [3.63, 3.8) is 0 Å². The molecule has 1 atom stereocenters. The molecule has 0 aliphatic carbocycles. The Hall–Kier alpha value is -2.84. The molecule has 0 saturated carbocycles. The number of anilines is 1. The molecule has 1 aromatic carbocycles. The first kappa shape index (κ1) is 18.9. The first-order chi connectivity index (χ1) is 12.9. The van der Waals surface area contributed by atoms with E-state index in [-0.39, 0.29) is 11.5 Å². The number of aromatic nitrogens is 2. The molecule has 0 aliphatic rings. The van der Waals surface area contributed by atoms with Gasteiger partial charge in [0.05, 0.1) is 5.02 Å². The summed E-state index contributed by atoms with van der Waals surface area (Å²) < 4.78 is 18.1. The van der Waals surface area contributed by atoms with Gasteiger partial charge in [-0.2, -0.15) is 0 Å². The minimum Gasteiger partial charge on any atom is -0.448 e. The maximum Gasteiger partial charge on any atom is 0.358 e. The number of thiazole rings is 1. The van der Waals surface area contributed by atoms with Gasteiger partial charge in [-0.05, 0) is 43.3 Å². The average Bonchev–Trinajstić information content (AvgIpc) is 3.14. The topological polar surface area (TPSA) is 81.2 Å². The number of hydrogen-bond acceptors (Lipinski definition) is 6. The number of esters is 1. The number of benzene rings is 1. The van der Waals surface area contributed by atoms with Gasteiger partial charge >= 0.3 is 5.97 Å². The van der Waals surface area contributed by atoms with Gasteiger partial charge in [0.15, 0.2) is 11.8 Å². The van der Waals surface area contributed by atoms with Gasteiger partial charge in [0, 0.05) is 17.1 Å². The lowest BCUT2D eigenvalue weighted by Gasteiger charge is -2.12. The monoisotopic (exact) mass is 405 g/mol. The zero-order chi connectivity index (χ0) is 19.4. The van der Waals surface area contributed by atoms with Crippen LogP contribution in [0.1, 0.15) is 17.4 Å². The number of nitrogens with one attached hydrogen (secondary N) is 1. The lowest BCUT2D eigenvalue weighted by atomic mass is 10.2. The van der Waals surface area contributed by atoms with Crippen molar-refractivity contribution < 1.29 is 18.7 Å². The Morgan fingerprint density at radius 3 is 2.63 bits per heavy atom. The van der Waals surface area contributed by atoms with E-state index in [0.717, 1.165) is 0 Å². The molecule has 9 heteroatoms. The molecule has 3 rings (SSSR count). The molecule has 0 aliphatic heterocycles. The third-order valence-electron chi connectivity index (χ3n) is 3.44. The van der Waals surface area contributed by atoms with Crippen molar-refractivity contribution >= 4 is 40.6 Å². The molecular formula is C18H13ClFN3O3S. The molecule has 138 valence electrons. The number of carbonyl (C=O) groups is 2. The van der Waals surface area contributed by atoms with Crippen molar-refractivity contribution in [2.45, 2.75) is 13.0 Å². The third-order valence-corrected chi connectivity index (χ3v) is 4.55. The molecule has 0 bridgehead atoms. The Morgan fingerprint density at radius 1 is 1.22 bits per heavy atom. The summed E-state index contributed by atoms with van der Waals surface area (Å²) >= 11 is 6.95. The fourth-order valence-electron chi connectivity index (χ4n) is 2.04. The van der Waals surface area contributed by atoms with Crippen LogP contribution in [-0.4, -0.2) is 27.9 Å². The summed E-state index contributed by atoms with van der Waals surface area (Å²) in [6.07, 6.45) is 0.339. The van der Waals surface area contributed by atoms with Crippen molar-refractivity contribution in [3.8, 4) is 10.6 Å². The maximum absolute atomic E-state index is 13.0. The van der Waals surface area contributed by atoms with E-state index in [4.69, 9.17) is 16.3 Å². The van der Waals surface area contributed by atoms with E-state index in [2.05, 4.69) is 15.3 Å². The van der Waals surface area contributed by atoms with E-state index in [1.54, 1.807) is 18.2 Å². The molecule has 1 amide bonds. The number of carbonyl (C=O) groups excluding carboxylic acids is 2. The van der Waals surface area contributed by atoms with E-state index >= 15 is 0 Å². The number of hydrogen-bond donors (Lipinski definition) is 1. The Morgan fingerprint density at radius 2 is 1.96 bits per heavy atom. The number of amides is 1. The highest BCUT2D eigenvalue weighted by molar-refractivity contribution is 7.13. The quantitative estimate of drug-likeness (QED) is 0.644. The van der Waals surface area contributed by atoms with Gasteiger partial charge < -0.3 is 10.1 Å². The van der Waals surface area contributed by atoms with E-state index in [9.17, 15) is 14.0 Å².